The number of aromatic nitrogens is 2. The highest BCUT2D eigenvalue weighted by atomic mass is 32.1. The molecule has 0 spiro atoms. The van der Waals surface area contributed by atoms with Crippen molar-refractivity contribution in [3.63, 3.8) is 0 Å². The van der Waals surface area contributed by atoms with Crippen LogP contribution in [0.25, 0.3) is 10.1 Å². The molecule has 2 heterocycles. The molecule has 0 radical (unpaired) electrons. The van der Waals surface area contributed by atoms with E-state index in [1.54, 1.807) is 29.1 Å². The molecular formula is C16H14N2O3S. The van der Waals surface area contributed by atoms with Gasteiger partial charge in [-0.05, 0) is 31.2 Å². The Labute approximate surface area is 130 Å². The van der Waals surface area contributed by atoms with Crippen molar-refractivity contribution in [3.05, 3.63) is 64.2 Å². The summed E-state index contributed by atoms with van der Waals surface area (Å²) in [6, 6.07) is 12.6. The molecule has 0 aliphatic heterocycles. The Kier molecular flexibility index (Phi) is 4.02. The topological polar surface area (TPSA) is 61.2 Å². The van der Waals surface area contributed by atoms with Crippen LogP contribution in [0.1, 0.15) is 23.1 Å². The monoisotopic (exact) mass is 314 g/mol. The van der Waals surface area contributed by atoms with Gasteiger partial charge in [0.05, 0.1) is 28.9 Å². The number of fused-ring (bicyclic) bond motifs is 1. The van der Waals surface area contributed by atoms with E-state index in [4.69, 9.17) is 4.74 Å². The molecular weight excluding hydrogens is 300 g/mol. The van der Waals surface area contributed by atoms with Gasteiger partial charge in [-0.15, -0.1) is 0 Å². The minimum Gasteiger partial charge on any atom is -0.461 e. The van der Waals surface area contributed by atoms with Gasteiger partial charge in [-0.25, -0.2) is 9.78 Å². The zero-order valence-corrected chi connectivity index (χ0v) is 12.8. The Morgan fingerprint density at radius 1 is 1.23 bits per heavy atom. The van der Waals surface area contributed by atoms with Crippen LogP contribution in [0.3, 0.4) is 0 Å². The third-order valence-corrected chi connectivity index (χ3v) is 4.22. The highest BCUT2D eigenvalue weighted by Crippen LogP contribution is 2.16. The van der Waals surface area contributed by atoms with Crippen LogP contribution in [0.5, 0.6) is 0 Å². The number of hydrogen-bond acceptors (Lipinski definition) is 5. The van der Waals surface area contributed by atoms with Crippen molar-refractivity contribution in [1.82, 2.24) is 8.94 Å². The largest absolute Gasteiger partial charge is 0.461 e. The Balaban J connectivity index is 1.92. The Hall–Kier alpha value is -2.47. The second-order valence-corrected chi connectivity index (χ2v) is 5.73. The van der Waals surface area contributed by atoms with Crippen LogP contribution in [-0.2, 0) is 11.3 Å². The normalized spacial score (nSPS) is 10.8. The molecule has 3 rings (SSSR count). The predicted molar refractivity (Wildman–Crippen MR) is 85.4 cm³/mol. The number of rotatable bonds is 4. The third kappa shape index (κ3) is 2.78. The first-order chi connectivity index (χ1) is 10.7. The van der Waals surface area contributed by atoms with Gasteiger partial charge in [-0.1, -0.05) is 29.7 Å². The van der Waals surface area contributed by atoms with Crippen molar-refractivity contribution in [1.29, 1.82) is 0 Å². The molecule has 6 heteroatoms. The summed E-state index contributed by atoms with van der Waals surface area (Å²) >= 11 is 1.39. The van der Waals surface area contributed by atoms with E-state index in [1.807, 2.05) is 24.3 Å². The smallest absolute Gasteiger partial charge is 0.356 e. The SMILES string of the molecule is CCOC(=O)c1cccc(Cn2sc3ccccc3c2=O)n1. The maximum Gasteiger partial charge on any atom is 0.356 e. The van der Waals surface area contributed by atoms with E-state index in [2.05, 4.69) is 4.98 Å². The highest BCUT2D eigenvalue weighted by molar-refractivity contribution is 7.13. The number of pyridine rings is 1. The lowest BCUT2D eigenvalue weighted by Crippen LogP contribution is -2.15. The zero-order chi connectivity index (χ0) is 15.5. The maximum atomic E-state index is 12.3. The number of hydrogen-bond donors (Lipinski definition) is 0. The van der Waals surface area contributed by atoms with Crippen molar-refractivity contribution < 1.29 is 9.53 Å². The number of ether oxygens (including phenoxy) is 1. The molecule has 2 aromatic heterocycles. The summed E-state index contributed by atoms with van der Waals surface area (Å²) in [6.07, 6.45) is 0. The molecule has 0 bridgehead atoms. The molecule has 0 atom stereocenters. The number of nitrogens with zero attached hydrogens (tertiary/aromatic N) is 2. The fourth-order valence-corrected chi connectivity index (χ4v) is 3.16. The van der Waals surface area contributed by atoms with E-state index in [0.29, 0.717) is 24.2 Å². The lowest BCUT2D eigenvalue weighted by molar-refractivity contribution is 0.0519. The van der Waals surface area contributed by atoms with E-state index in [9.17, 15) is 9.59 Å². The quantitative estimate of drug-likeness (QED) is 0.695. The standard InChI is InChI=1S/C16H14N2O3S/c1-2-21-16(20)13-8-5-6-11(17-13)10-18-15(19)12-7-3-4-9-14(12)22-18/h3-9H,2,10H2,1H3. The Morgan fingerprint density at radius 2 is 2.05 bits per heavy atom. The fraction of sp³-hybridized carbons (Fsp3) is 0.188. The highest BCUT2D eigenvalue weighted by Gasteiger charge is 2.11. The minimum absolute atomic E-state index is 0.0380. The van der Waals surface area contributed by atoms with Gasteiger partial charge in [0.15, 0.2) is 0 Å². The van der Waals surface area contributed by atoms with E-state index in [0.717, 1.165) is 4.70 Å². The molecule has 0 N–H and O–H groups in total. The summed E-state index contributed by atoms with van der Waals surface area (Å²) in [5.74, 6) is -0.451. The molecule has 0 saturated heterocycles. The van der Waals surface area contributed by atoms with E-state index in [1.165, 1.54) is 11.5 Å². The van der Waals surface area contributed by atoms with Crippen molar-refractivity contribution in [2.75, 3.05) is 6.61 Å². The molecule has 0 amide bonds. The number of carbonyl (C=O) groups is 1. The minimum atomic E-state index is -0.451. The number of carbonyl (C=O) groups excluding carboxylic acids is 1. The van der Waals surface area contributed by atoms with Gasteiger partial charge < -0.3 is 4.74 Å². The lowest BCUT2D eigenvalue weighted by atomic mass is 10.3. The second kappa shape index (κ2) is 6.11. The maximum absolute atomic E-state index is 12.3. The van der Waals surface area contributed by atoms with Gasteiger partial charge in [0.2, 0.25) is 0 Å². The van der Waals surface area contributed by atoms with Gasteiger partial charge >= 0.3 is 5.97 Å². The number of esters is 1. The van der Waals surface area contributed by atoms with Crippen LogP contribution >= 0.6 is 11.5 Å². The average molecular weight is 314 g/mol. The van der Waals surface area contributed by atoms with Crippen molar-refractivity contribution >= 4 is 27.6 Å². The van der Waals surface area contributed by atoms with Crippen LogP contribution in [0.4, 0.5) is 0 Å². The summed E-state index contributed by atoms with van der Waals surface area (Å²) in [5, 5.41) is 0.703. The molecule has 0 saturated carbocycles. The first-order valence-corrected chi connectivity index (χ1v) is 7.68. The summed E-state index contributed by atoms with van der Waals surface area (Å²) in [7, 11) is 0. The first-order valence-electron chi connectivity index (χ1n) is 6.91. The molecule has 0 aliphatic rings. The second-order valence-electron chi connectivity index (χ2n) is 4.66. The summed E-state index contributed by atoms with van der Waals surface area (Å²) < 4.78 is 7.52. The molecule has 1 aromatic carbocycles. The Bertz CT molecular complexity index is 882. The summed E-state index contributed by atoms with van der Waals surface area (Å²) in [6.45, 7) is 2.39. The van der Waals surface area contributed by atoms with Gasteiger partial charge in [0.25, 0.3) is 5.56 Å². The molecule has 112 valence electrons. The van der Waals surface area contributed by atoms with Gasteiger partial charge in [-0.3, -0.25) is 8.75 Å². The van der Waals surface area contributed by atoms with E-state index in [-0.39, 0.29) is 11.3 Å². The van der Waals surface area contributed by atoms with Crippen molar-refractivity contribution in [2.24, 2.45) is 0 Å². The van der Waals surface area contributed by atoms with E-state index >= 15 is 0 Å². The molecule has 0 fully saturated rings. The van der Waals surface area contributed by atoms with Crippen LogP contribution in [0.15, 0.2) is 47.3 Å². The van der Waals surface area contributed by atoms with Gasteiger partial charge in [-0.2, -0.15) is 0 Å². The average Bonchev–Trinajstić information content (AvgIpc) is 2.84. The molecule has 3 aromatic rings. The summed E-state index contributed by atoms with van der Waals surface area (Å²) in [5.41, 5.74) is 0.872. The van der Waals surface area contributed by atoms with Crippen LogP contribution in [0, 0.1) is 0 Å². The summed E-state index contributed by atoms with van der Waals surface area (Å²) in [4.78, 5) is 28.3. The Morgan fingerprint density at radius 3 is 2.82 bits per heavy atom. The molecule has 0 unspecified atom stereocenters. The fourth-order valence-electron chi connectivity index (χ4n) is 2.16. The van der Waals surface area contributed by atoms with Crippen LogP contribution in [-0.4, -0.2) is 21.5 Å². The molecule has 0 aliphatic carbocycles. The number of benzene rings is 1. The first kappa shape index (κ1) is 14.5. The van der Waals surface area contributed by atoms with Crippen molar-refractivity contribution in [2.45, 2.75) is 13.5 Å². The van der Waals surface area contributed by atoms with Gasteiger partial charge in [0.1, 0.15) is 5.69 Å². The molecule has 5 nitrogen and oxygen atoms in total. The van der Waals surface area contributed by atoms with Crippen LogP contribution < -0.4 is 5.56 Å². The van der Waals surface area contributed by atoms with Crippen molar-refractivity contribution in [3.8, 4) is 0 Å². The predicted octanol–water partition coefficient (Wildman–Crippen LogP) is 2.68. The van der Waals surface area contributed by atoms with Gasteiger partial charge in [0, 0.05) is 0 Å². The third-order valence-electron chi connectivity index (χ3n) is 3.15. The molecule has 22 heavy (non-hydrogen) atoms. The zero-order valence-electron chi connectivity index (χ0n) is 12.0. The van der Waals surface area contributed by atoms with E-state index < -0.39 is 5.97 Å². The lowest BCUT2D eigenvalue weighted by Gasteiger charge is -2.04. The van der Waals surface area contributed by atoms with Crippen LogP contribution in [0.2, 0.25) is 0 Å².